The Morgan fingerprint density at radius 2 is 2.00 bits per heavy atom. The average Bonchev–Trinajstić information content (AvgIpc) is 3.20. The second-order valence-electron chi connectivity index (χ2n) is 7.87. The molecule has 3 aromatic rings. The number of rotatable bonds is 5. The Morgan fingerprint density at radius 1 is 1.28 bits per heavy atom. The highest BCUT2D eigenvalue weighted by Crippen LogP contribution is 2.28. The van der Waals surface area contributed by atoms with E-state index in [-0.39, 0.29) is 11.9 Å². The van der Waals surface area contributed by atoms with E-state index in [0.717, 1.165) is 54.1 Å². The number of likely N-dealkylation sites (tertiary alicyclic amines) is 1. The summed E-state index contributed by atoms with van der Waals surface area (Å²) >= 11 is 6.48. The van der Waals surface area contributed by atoms with Gasteiger partial charge in [0.25, 0.3) is 5.91 Å². The number of fused-ring (bicyclic) bond motifs is 1. The maximum absolute atomic E-state index is 12.9. The third-order valence-corrected chi connectivity index (χ3v) is 6.22. The molecule has 1 atom stereocenters. The first-order chi connectivity index (χ1) is 14.0. The summed E-state index contributed by atoms with van der Waals surface area (Å²) in [6, 6.07) is 5.58. The van der Waals surface area contributed by atoms with Crippen molar-refractivity contribution in [3.05, 3.63) is 58.8 Å². The molecule has 0 aliphatic carbocycles. The highest BCUT2D eigenvalue weighted by molar-refractivity contribution is 6.38. The second-order valence-corrected chi connectivity index (χ2v) is 8.25. The van der Waals surface area contributed by atoms with Crippen molar-refractivity contribution in [1.82, 2.24) is 25.2 Å². The molecular weight excluding hydrogens is 386 g/mol. The van der Waals surface area contributed by atoms with Gasteiger partial charge in [0.1, 0.15) is 5.82 Å². The normalized spacial score (nSPS) is 16.8. The van der Waals surface area contributed by atoms with E-state index in [2.05, 4.69) is 32.1 Å². The molecule has 0 saturated carbocycles. The van der Waals surface area contributed by atoms with Crippen LogP contribution in [0.4, 0.5) is 0 Å². The highest BCUT2D eigenvalue weighted by Gasteiger charge is 2.26. The molecule has 1 aromatic carbocycles. The molecule has 1 unspecified atom stereocenters. The number of hydrogen-bond acceptors (Lipinski definition) is 4. The SMILES string of the molecule is Cc1ncc(C(CNC(=O)c2ccc3[nH]ccc3c2Cl)N2CCC(C)CC2)cn1. The number of H-pyrrole nitrogens is 1. The molecule has 1 aliphatic heterocycles. The lowest BCUT2D eigenvalue weighted by atomic mass is 9.96. The molecule has 3 heterocycles. The van der Waals surface area contributed by atoms with Crippen LogP contribution in [0, 0.1) is 12.8 Å². The van der Waals surface area contributed by atoms with E-state index in [1.54, 1.807) is 6.07 Å². The summed E-state index contributed by atoms with van der Waals surface area (Å²) < 4.78 is 0. The van der Waals surface area contributed by atoms with Crippen LogP contribution in [-0.4, -0.2) is 45.4 Å². The number of carbonyl (C=O) groups is 1. The van der Waals surface area contributed by atoms with E-state index >= 15 is 0 Å². The Kier molecular flexibility index (Phi) is 5.83. The lowest BCUT2D eigenvalue weighted by Crippen LogP contribution is -2.42. The van der Waals surface area contributed by atoms with Crippen molar-refractivity contribution in [3.63, 3.8) is 0 Å². The van der Waals surface area contributed by atoms with E-state index in [4.69, 9.17) is 11.6 Å². The quantitative estimate of drug-likeness (QED) is 0.662. The first-order valence-corrected chi connectivity index (χ1v) is 10.5. The van der Waals surface area contributed by atoms with Gasteiger partial charge in [0.05, 0.1) is 16.6 Å². The molecule has 0 spiro atoms. The topological polar surface area (TPSA) is 73.9 Å². The minimum absolute atomic E-state index is 0.0433. The van der Waals surface area contributed by atoms with Crippen LogP contribution < -0.4 is 5.32 Å². The summed E-state index contributed by atoms with van der Waals surface area (Å²) in [7, 11) is 0. The van der Waals surface area contributed by atoms with Crippen LogP contribution in [-0.2, 0) is 0 Å². The number of nitrogens with zero attached hydrogens (tertiary/aromatic N) is 3. The number of aromatic amines is 1. The number of benzene rings is 1. The largest absolute Gasteiger partial charge is 0.361 e. The molecule has 1 aliphatic rings. The predicted molar refractivity (Wildman–Crippen MR) is 115 cm³/mol. The molecule has 7 heteroatoms. The Hall–Kier alpha value is -2.44. The van der Waals surface area contributed by atoms with Gasteiger partial charge in [-0.2, -0.15) is 0 Å². The molecule has 0 bridgehead atoms. The molecule has 1 saturated heterocycles. The Balaban J connectivity index is 1.53. The van der Waals surface area contributed by atoms with Gasteiger partial charge in [-0.3, -0.25) is 9.69 Å². The van der Waals surface area contributed by atoms with E-state index < -0.39 is 0 Å². The minimum atomic E-state index is -0.165. The fourth-order valence-corrected chi connectivity index (χ4v) is 4.24. The summed E-state index contributed by atoms with van der Waals surface area (Å²) in [4.78, 5) is 27.2. The van der Waals surface area contributed by atoms with Gasteiger partial charge in [-0.1, -0.05) is 18.5 Å². The summed E-state index contributed by atoms with van der Waals surface area (Å²) in [5.74, 6) is 1.32. The molecular formula is C22H26ClN5O. The fraction of sp³-hybridized carbons (Fsp3) is 0.409. The zero-order chi connectivity index (χ0) is 20.4. The van der Waals surface area contributed by atoms with Crippen LogP contribution in [0.1, 0.15) is 47.6 Å². The van der Waals surface area contributed by atoms with E-state index in [1.165, 1.54) is 0 Å². The van der Waals surface area contributed by atoms with Crippen LogP contribution in [0.5, 0.6) is 0 Å². The van der Waals surface area contributed by atoms with Gasteiger partial charge in [0.15, 0.2) is 0 Å². The Bertz CT molecular complexity index is 992. The van der Waals surface area contributed by atoms with Crippen LogP contribution in [0.25, 0.3) is 10.9 Å². The lowest BCUT2D eigenvalue weighted by Gasteiger charge is -2.36. The Labute approximate surface area is 175 Å². The zero-order valence-corrected chi connectivity index (χ0v) is 17.5. The number of aryl methyl sites for hydroxylation is 1. The van der Waals surface area contributed by atoms with Gasteiger partial charge < -0.3 is 10.3 Å². The number of halogens is 1. The van der Waals surface area contributed by atoms with Crippen molar-refractivity contribution in [2.75, 3.05) is 19.6 Å². The van der Waals surface area contributed by atoms with E-state index in [0.29, 0.717) is 17.1 Å². The Morgan fingerprint density at radius 3 is 2.72 bits per heavy atom. The van der Waals surface area contributed by atoms with E-state index in [9.17, 15) is 4.79 Å². The van der Waals surface area contributed by atoms with Gasteiger partial charge in [-0.15, -0.1) is 0 Å². The van der Waals surface area contributed by atoms with Gasteiger partial charge in [-0.25, -0.2) is 9.97 Å². The summed E-state index contributed by atoms with van der Waals surface area (Å²) in [5.41, 5.74) is 2.44. The van der Waals surface area contributed by atoms with Crippen molar-refractivity contribution < 1.29 is 4.79 Å². The van der Waals surface area contributed by atoms with Crippen molar-refractivity contribution >= 4 is 28.4 Å². The smallest absolute Gasteiger partial charge is 0.252 e. The maximum atomic E-state index is 12.9. The van der Waals surface area contributed by atoms with Crippen molar-refractivity contribution in [1.29, 1.82) is 0 Å². The van der Waals surface area contributed by atoms with Crippen LogP contribution in [0.3, 0.4) is 0 Å². The lowest BCUT2D eigenvalue weighted by molar-refractivity contribution is 0.0912. The summed E-state index contributed by atoms with van der Waals surface area (Å²) in [6.07, 6.45) is 7.88. The van der Waals surface area contributed by atoms with Crippen molar-refractivity contribution in [2.24, 2.45) is 5.92 Å². The monoisotopic (exact) mass is 411 g/mol. The molecule has 4 rings (SSSR count). The van der Waals surface area contributed by atoms with Crippen molar-refractivity contribution in [2.45, 2.75) is 32.7 Å². The molecule has 1 amide bonds. The van der Waals surface area contributed by atoms with Crippen LogP contribution >= 0.6 is 11.6 Å². The van der Waals surface area contributed by atoms with Crippen LogP contribution in [0.2, 0.25) is 5.02 Å². The molecule has 2 N–H and O–H groups in total. The number of carbonyl (C=O) groups excluding carboxylic acids is 1. The molecule has 2 aromatic heterocycles. The molecule has 6 nitrogen and oxygen atoms in total. The van der Waals surface area contributed by atoms with E-state index in [1.807, 2.05) is 37.6 Å². The third-order valence-electron chi connectivity index (χ3n) is 5.81. The fourth-order valence-electron chi connectivity index (χ4n) is 3.93. The summed E-state index contributed by atoms with van der Waals surface area (Å²) in [5, 5.41) is 4.42. The number of amides is 1. The van der Waals surface area contributed by atoms with Gasteiger partial charge in [-0.05, 0) is 57.0 Å². The molecule has 1 fully saturated rings. The second kappa shape index (κ2) is 8.51. The number of nitrogens with one attached hydrogen (secondary N) is 2. The van der Waals surface area contributed by atoms with Gasteiger partial charge in [0, 0.05) is 41.6 Å². The highest BCUT2D eigenvalue weighted by atomic mass is 35.5. The maximum Gasteiger partial charge on any atom is 0.252 e. The molecule has 0 radical (unpaired) electrons. The van der Waals surface area contributed by atoms with Crippen LogP contribution in [0.15, 0.2) is 36.8 Å². The number of hydrogen-bond donors (Lipinski definition) is 2. The first-order valence-electron chi connectivity index (χ1n) is 10.1. The first kappa shape index (κ1) is 19.9. The van der Waals surface area contributed by atoms with Gasteiger partial charge in [0.2, 0.25) is 0 Å². The predicted octanol–water partition coefficient (Wildman–Crippen LogP) is 4.12. The summed E-state index contributed by atoms with van der Waals surface area (Å²) in [6.45, 7) is 6.67. The molecule has 29 heavy (non-hydrogen) atoms. The number of aromatic nitrogens is 3. The zero-order valence-electron chi connectivity index (χ0n) is 16.8. The standard InChI is InChI=1S/C22H26ClN5O/c1-14-6-9-28(10-7-14)20(16-11-25-15(2)26-12-16)13-27-22(29)18-3-4-19-17(21(18)23)5-8-24-19/h3-5,8,11-12,14,20,24H,6-7,9-10,13H2,1-2H3,(H,27,29). The number of piperidine rings is 1. The molecule has 152 valence electrons. The third kappa shape index (κ3) is 4.28. The van der Waals surface area contributed by atoms with Crippen molar-refractivity contribution in [3.8, 4) is 0 Å². The average molecular weight is 412 g/mol. The minimum Gasteiger partial charge on any atom is -0.361 e. The van der Waals surface area contributed by atoms with Gasteiger partial charge >= 0.3 is 0 Å².